The number of amidine groups is 1. The molecular formula is C10H15N3O2S. The smallest absolute Gasteiger partial charge is 0.230 e. The summed E-state index contributed by atoms with van der Waals surface area (Å²) < 4.78 is 0. The van der Waals surface area contributed by atoms with Crippen molar-refractivity contribution in [2.24, 2.45) is 16.8 Å². The fourth-order valence-electron chi connectivity index (χ4n) is 1.14. The van der Waals surface area contributed by atoms with Gasteiger partial charge in [-0.15, -0.1) is 11.3 Å². The van der Waals surface area contributed by atoms with Crippen LogP contribution in [0.25, 0.3) is 0 Å². The molecule has 1 atom stereocenters. The van der Waals surface area contributed by atoms with Gasteiger partial charge in [-0.3, -0.25) is 4.79 Å². The lowest BCUT2D eigenvalue weighted by molar-refractivity contribution is -0.122. The standard InChI is InChI=1S/C10H15N3O2S/c1-7(9(11)13-15)10(14)12-5-4-8-3-2-6-16-8/h2-3,6-7,15H,4-5H2,1H3,(H2,11,13)(H,12,14). The van der Waals surface area contributed by atoms with Gasteiger partial charge < -0.3 is 16.3 Å². The van der Waals surface area contributed by atoms with Gasteiger partial charge in [0.05, 0.1) is 5.92 Å². The van der Waals surface area contributed by atoms with E-state index in [0.29, 0.717) is 6.54 Å². The van der Waals surface area contributed by atoms with Crippen molar-refractivity contribution in [1.29, 1.82) is 0 Å². The molecule has 6 heteroatoms. The summed E-state index contributed by atoms with van der Waals surface area (Å²) in [7, 11) is 0. The lowest BCUT2D eigenvalue weighted by atomic mass is 10.1. The number of rotatable bonds is 5. The zero-order valence-electron chi connectivity index (χ0n) is 9.01. The van der Waals surface area contributed by atoms with Gasteiger partial charge in [0.15, 0.2) is 5.84 Å². The average molecular weight is 241 g/mol. The number of thiophene rings is 1. The second kappa shape index (κ2) is 6.12. The molecule has 0 aliphatic carbocycles. The van der Waals surface area contributed by atoms with Crippen molar-refractivity contribution in [3.8, 4) is 0 Å². The van der Waals surface area contributed by atoms with Gasteiger partial charge in [0.25, 0.3) is 0 Å². The van der Waals surface area contributed by atoms with Crippen LogP contribution in [-0.4, -0.2) is 23.5 Å². The molecule has 0 saturated carbocycles. The Bertz CT molecular complexity index is 362. The summed E-state index contributed by atoms with van der Waals surface area (Å²) in [5.41, 5.74) is 5.32. The summed E-state index contributed by atoms with van der Waals surface area (Å²) in [4.78, 5) is 12.7. The van der Waals surface area contributed by atoms with E-state index < -0.39 is 5.92 Å². The predicted molar refractivity (Wildman–Crippen MR) is 63.6 cm³/mol. The first-order chi connectivity index (χ1) is 7.65. The third-order valence-corrected chi connectivity index (χ3v) is 3.14. The molecule has 1 heterocycles. The van der Waals surface area contributed by atoms with Gasteiger partial charge in [0.2, 0.25) is 5.91 Å². The highest BCUT2D eigenvalue weighted by Gasteiger charge is 2.16. The van der Waals surface area contributed by atoms with Crippen LogP contribution in [0.2, 0.25) is 0 Å². The maximum atomic E-state index is 11.5. The lowest BCUT2D eigenvalue weighted by Crippen LogP contribution is -2.37. The zero-order valence-corrected chi connectivity index (χ0v) is 9.83. The molecule has 4 N–H and O–H groups in total. The highest BCUT2D eigenvalue weighted by Crippen LogP contribution is 2.08. The lowest BCUT2D eigenvalue weighted by Gasteiger charge is -2.09. The summed E-state index contributed by atoms with van der Waals surface area (Å²) in [6.07, 6.45) is 0.798. The first kappa shape index (κ1) is 12.5. The summed E-state index contributed by atoms with van der Waals surface area (Å²) in [6, 6.07) is 3.99. The number of carbonyl (C=O) groups is 1. The molecule has 0 saturated heterocycles. The summed E-state index contributed by atoms with van der Waals surface area (Å²) in [6.45, 7) is 2.15. The second-order valence-electron chi connectivity index (χ2n) is 3.37. The Morgan fingerprint density at radius 2 is 2.50 bits per heavy atom. The molecule has 1 aromatic heterocycles. The Labute approximate surface area is 98.0 Å². The van der Waals surface area contributed by atoms with Crippen molar-refractivity contribution in [2.45, 2.75) is 13.3 Å². The fourth-order valence-corrected chi connectivity index (χ4v) is 1.85. The number of amides is 1. The Hall–Kier alpha value is -1.56. The van der Waals surface area contributed by atoms with Crippen LogP contribution < -0.4 is 11.1 Å². The maximum Gasteiger partial charge on any atom is 0.230 e. The quantitative estimate of drug-likeness (QED) is 0.308. The van der Waals surface area contributed by atoms with Gasteiger partial charge in [-0.25, -0.2) is 0 Å². The molecule has 1 unspecified atom stereocenters. The van der Waals surface area contributed by atoms with Gasteiger partial charge >= 0.3 is 0 Å². The van der Waals surface area contributed by atoms with E-state index in [-0.39, 0.29) is 11.7 Å². The Kier molecular flexibility index (Phi) is 4.78. The second-order valence-corrected chi connectivity index (χ2v) is 4.40. The Morgan fingerprint density at radius 3 is 3.06 bits per heavy atom. The van der Waals surface area contributed by atoms with Gasteiger partial charge in [-0.1, -0.05) is 11.2 Å². The van der Waals surface area contributed by atoms with Crippen molar-refractivity contribution < 1.29 is 10.0 Å². The molecule has 0 aliphatic rings. The fraction of sp³-hybridized carbons (Fsp3) is 0.400. The number of nitrogens with one attached hydrogen (secondary N) is 1. The van der Waals surface area contributed by atoms with E-state index in [1.807, 2.05) is 17.5 Å². The van der Waals surface area contributed by atoms with Gasteiger partial charge in [0, 0.05) is 11.4 Å². The molecule has 1 amide bonds. The SMILES string of the molecule is CC(C(=O)NCCc1cccs1)C(N)=NO. The summed E-state index contributed by atoms with van der Waals surface area (Å²) >= 11 is 1.65. The number of oxime groups is 1. The molecule has 0 aliphatic heterocycles. The van der Waals surface area contributed by atoms with Gasteiger partial charge in [-0.2, -0.15) is 0 Å². The third kappa shape index (κ3) is 3.54. The van der Waals surface area contributed by atoms with Crippen molar-refractivity contribution in [3.05, 3.63) is 22.4 Å². The number of hydrogen-bond donors (Lipinski definition) is 3. The van der Waals surface area contributed by atoms with Crippen LogP contribution in [0.3, 0.4) is 0 Å². The minimum Gasteiger partial charge on any atom is -0.409 e. The minimum absolute atomic E-state index is 0.0753. The molecule has 1 aromatic rings. The van der Waals surface area contributed by atoms with Crippen LogP contribution in [0.15, 0.2) is 22.7 Å². The van der Waals surface area contributed by atoms with Crippen molar-refractivity contribution >= 4 is 23.1 Å². The maximum absolute atomic E-state index is 11.5. The molecule has 0 radical (unpaired) electrons. The average Bonchev–Trinajstić information content (AvgIpc) is 2.79. The third-order valence-electron chi connectivity index (χ3n) is 2.20. The Morgan fingerprint density at radius 1 is 1.75 bits per heavy atom. The molecule has 0 aromatic carbocycles. The van der Waals surface area contributed by atoms with Gasteiger partial charge in [-0.05, 0) is 24.8 Å². The molecule has 0 spiro atoms. The van der Waals surface area contributed by atoms with Crippen LogP contribution >= 0.6 is 11.3 Å². The first-order valence-electron chi connectivity index (χ1n) is 4.92. The van der Waals surface area contributed by atoms with E-state index in [0.717, 1.165) is 6.42 Å². The van der Waals surface area contributed by atoms with Crippen LogP contribution in [0, 0.1) is 5.92 Å². The molecule has 0 fully saturated rings. The van der Waals surface area contributed by atoms with E-state index in [9.17, 15) is 4.79 Å². The van der Waals surface area contributed by atoms with Crippen LogP contribution in [0.5, 0.6) is 0 Å². The van der Waals surface area contributed by atoms with E-state index in [2.05, 4.69) is 10.5 Å². The highest BCUT2D eigenvalue weighted by atomic mass is 32.1. The molecular weight excluding hydrogens is 226 g/mol. The predicted octanol–water partition coefficient (Wildman–Crippen LogP) is 0.789. The Balaban J connectivity index is 2.30. The number of carbonyl (C=O) groups excluding carboxylic acids is 1. The molecule has 5 nitrogen and oxygen atoms in total. The van der Waals surface area contributed by atoms with Crippen LogP contribution in [0.1, 0.15) is 11.8 Å². The van der Waals surface area contributed by atoms with E-state index in [1.54, 1.807) is 18.3 Å². The van der Waals surface area contributed by atoms with Crippen molar-refractivity contribution in [2.75, 3.05) is 6.54 Å². The number of nitrogens with two attached hydrogens (primary N) is 1. The molecule has 0 bridgehead atoms. The van der Waals surface area contributed by atoms with E-state index >= 15 is 0 Å². The molecule has 1 rings (SSSR count). The highest BCUT2D eigenvalue weighted by molar-refractivity contribution is 7.09. The zero-order chi connectivity index (χ0) is 12.0. The normalized spacial score (nSPS) is 13.4. The van der Waals surface area contributed by atoms with Gasteiger partial charge in [0.1, 0.15) is 0 Å². The van der Waals surface area contributed by atoms with Crippen molar-refractivity contribution in [3.63, 3.8) is 0 Å². The molecule has 88 valence electrons. The summed E-state index contributed by atoms with van der Waals surface area (Å²) in [5, 5.41) is 15.9. The topological polar surface area (TPSA) is 87.7 Å². The number of nitrogens with zero attached hydrogens (tertiary/aromatic N) is 1. The molecule has 16 heavy (non-hydrogen) atoms. The van der Waals surface area contributed by atoms with Crippen molar-refractivity contribution in [1.82, 2.24) is 5.32 Å². The van der Waals surface area contributed by atoms with Crippen LogP contribution in [-0.2, 0) is 11.2 Å². The van der Waals surface area contributed by atoms with E-state index in [4.69, 9.17) is 10.9 Å². The largest absolute Gasteiger partial charge is 0.409 e. The minimum atomic E-state index is -0.603. The van der Waals surface area contributed by atoms with E-state index in [1.165, 1.54) is 4.88 Å². The monoisotopic (exact) mass is 241 g/mol. The number of hydrogen-bond acceptors (Lipinski definition) is 4. The van der Waals surface area contributed by atoms with Crippen LogP contribution in [0.4, 0.5) is 0 Å². The summed E-state index contributed by atoms with van der Waals surface area (Å²) in [5.74, 6) is -0.909. The first-order valence-corrected chi connectivity index (χ1v) is 5.80.